The van der Waals surface area contributed by atoms with Crippen molar-refractivity contribution in [2.24, 2.45) is 0 Å². The quantitative estimate of drug-likeness (QED) is 0.601. The molecule has 18 heavy (non-hydrogen) atoms. The molecule has 1 aromatic rings. The van der Waals surface area contributed by atoms with Crippen LogP contribution in [0.1, 0.15) is 5.56 Å². The van der Waals surface area contributed by atoms with Gasteiger partial charge in [-0.3, -0.25) is 0 Å². The highest BCUT2D eigenvalue weighted by Crippen LogP contribution is 2.20. The third-order valence-corrected chi connectivity index (χ3v) is 2.16. The van der Waals surface area contributed by atoms with Crippen molar-refractivity contribution in [2.45, 2.75) is 6.54 Å². The predicted molar refractivity (Wildman–Crippen MR) is 61.4 cm³/mol. The Morgan fingerprint density at radius 2 is 2.17 bits per heavy atom. The molecule has 6 heteroatoms. The summed E-state index contributed by atoms with van der Waals surface area (Å²) in [6.45, 7) is 0.343. The Bertz CT molecular complexity index is 461. The van der Waals surface area contributed by atoms with Gasteiger partial charge in [0.2, 0.25) is 0 Å². The second-order valence-electron chi connectivity index (χ2n) is 3.45. The first kappa shape index (κ1) is 14.1. The van der Waals surface area contributed by atoms with E-state index in [2.05, 4.69) is 10.1 Å². The highest BCUT2D eigenvalue weighted by atomic mass is 19.1. The summed E-state index contributed by atoms with van der Waals surface area (Å²) in [5.41, 5.74) is 0.150. The number of hydrogen-bond acceptors (Lipinski definition) is 3. The summed E-state index contributed by atoms with van der Waals surface area (Å²) in [5.74, 6) is -2.43. The van der Waals surface area contributed by atoms with Crippen molar-refractivity contribution in [1.82, 2.24) is 5.32 Å². The number of benzene rings is 1. The minimum absolute atomic E-state index is 0.0940. The van der Waals surface area contributed by atoms with E-state index in [1.807, 2.05) is 0 Å². The highest BCUT2D eigenvalue weighted by Gasteiger charge is 2.09. The maximum absolute atomic E-state index is 13.5. The molecule has 0 aliphatic heterocycles. The molecule has 98 valence electrons. The molecule has 4 nitrogen and oxygen atoms in total. The number of rotatable bonds is 6. The molecular weight excluding hydrogens is 244 g/mol. The van der Waals surface area contributed by atoms with Gasteiger partial charge in [-0.25, -0.2) is 13.6 Å². The van der Waals surface area contributed by atoms with Gasteiger partial charge in [-0.2, -0.15) is 0 Å². The molecule has 1 aromatic carbocycles. The van der Waals surface area contributed by atoms with Gasteiger partial charge in [-0.05, 0) is 6.07 Å². The maximum Gasteiger partial charge on any atom is 0.328 e. The van der Waals surface area contributed by atoms with Crippen molar-refractivity contribution in [1.29, 1.82) is 0 Å². The monoisotopic (exact) mass is 257 g/mol. The van der Waals surface area contributed by atoms with E-state index in [4.69, 9.17) is 5.11 Å². The zero-order valence-corrected chi connectivity index (χ0v) is 9.74. The lowest BCUT2D eigenvalue weighted by Gasteiger charge is -2.07. The normalized spacial score (nSPS) is 10.8. The number of methoxy groups -OCH3 is 1. The third-order valence-electron chi connectivity index (χ3n) is 2.16. The van der Waals surface area contributed by atoms with Crippen LogP contribution in [0.4, 0.5) is 8.78 Å². The lowest BCUT2D eigenvalue weighted by Crippen LogP contribution is -2.14. The zero-order chi connectivity index (χ0) is 13.5. The first-order chi connectivity index (χ1) is 8.54. The number of carbonyl (C=O) groups is 1. The van der Waals surface area contributed by atoms with Crippen molar-refractivity contribution >= 4 is 5.97 Å². The molecule has 0 radical (unpaired) electrons. The van der Waals surface area contributed by atoms with Crippen LogP contribution in [-0.2, 0) is 11.3 Å². The van der Waals surface area contributed by atoms with Crippen LogP contribution in [0.5, 0.6) is 5.75 Å². The fraction of sp³-hybridized carbons (Fsp3) is 0.250. The molecule has 0 heterocycles. The van der Waals surface area contributed by atoms with E-state index in [0.717, 1.165) is 18.2 Å². The van der Waals surface area contributed by atoms with Crippen molar-refractivity contribution < 1.29 is 23.4 Å². The average Bonchev–Trinajstić information content (AvgIpc) is 2.32. The molecule has 0 unspecified atom stereocenters. The van der Waals surface area contributed by atoms with Crippen LogP contribution < -0.4 is 10.1 Å². The van der Waals surface area contributed by atoms with Gasteiger partial charge in [0.15, 0.2) is 11.6 Å². The summed E-state index contributed by atoms with van der Waals surface area (Å²) in [6, 6.07) is 2.02. The van der Waals surface area contributed by atoms with Gasteiger partial charge in [0.05, 0.1) is 7.11 Å². The second-order valence-corrected chi connectivity index (χ2v) is 3.45. The molecule has 0 atom stereocenters. The predicted octanol–water partition coefficient (Wildman–Crippen LogP) is 1.70. The van der Waals surface area contributed by atoms with Crippen LogP contribution in [-0.4, -0.2) is 24.7 Å². The van der Waals surface area contributed by atoms with E-state index >= 15 is 0 Å². The lowest BCUT2D eigenvalue weighted by molar-refractivity contribution is -0.131. The van der Waals surface area contributed by atoms with Crippen molar-refractivity contribution in [3.8, 4) is 5.75 Å². The summed E-state index contributed by atoms with van der Waals surface area (Å²) in [6.07, 6.45) is 2.35. The molecule has 1 rings (SSSR count). The summed E-state index contributed by atoms with van der Waals surface area (Å²) in [5, 5.41) is 11.1. The van der Waals surface area contributed by atoms with Gasteiger partial charge in [0, 0.05) is 30.8 Å². The molecule has 0 saturated carbocycles. The Labute approximate surface area is 103 Å². The Hall–Kier alpha value is -1.95. The molecular formula is C12H13F2NO3. The van der Waals surface area contributed by atoms with Crippen LogP contribution in [0.25, 0.3) is 0 Å². The summed E-state index contributed by atoms with van der Waals surface area (Å²) < 4.78 is 31.4. The van der Waals surface area contributed by atoms with Gasteiger partial charge in [-0.1, -0.05) is 6.08 Å². The van der Waals surface area contributed by atoms with Crippen molar-refractivity contribution in [3.63, 3.8) is 0 Å². The van der Waals surface area contributed by atoms with Crippen LogP contribution >= 0.6 is 0 Å². The number of aliphatic carboxylic acids is 1. The Morgan fingerprint density at radius 1 is 1.44 bits per heavy atom. The standard InChI is InChI=1S/C12H13F2NO3/c1-18-11-6-9(13)8(5-10(11)14)7-15-4-2-3-12(16)17/h2-3,5-6,15H,4,7H2,1H3,(H,16,17)/b3-2+. The van der Waals surface area contributed by atoms with Gasteiger partial charge >= 0.3 is 5.97 Å². The fourth-order valence-corrected chi connectivity index (χ4v) is 1.31. The molecule has 0 aliphatic rings. The summed E-state index contributed by atoms with van der Waals surface area (Å²) in [4.78, 5) is 10.2. The van der Waals surface area contributed by atoms with E-state index in [0.29, 0.717) is 0 Å². The number of carboxylic acid groups (broad SMARTS) is 1. The highest BCUT2D eigenvalue weighted by molar-refractivity contribution is 5.79. The van der Waals surface area contributed by atoms with E-state index < -0.39 is 17.6 Å². The van der Waals surface area contributed by atoms with Gasteiger partial charge in [0.1, 0.15) is 5.82 Å². The fourth-order valence-electron chi connectivity index (χ4n) is 1.31. The minimum atomic E-state index is -1.06. The molecule has 0 aromatic heterocycles. The summed E-state index contributed by atoms with van der Waals surface area (Å²) >= 11 is 0. The Kier molecular flexibility index (Phi) is 5.26. The van der Waals surface area contributed by atoms with Crippen LogP contribution in [0.2, 0.25) is 0 Å². The molecule has 2 N–H and O–H groups in total. The summed E-state index contributed by atoms with van der Waals surface area (Å²) in [7, 11) is 1.26. The topological polar surface area (TPSA) is 58.6 Å². The average molecular weight is 257 g/mol. The van der Waals surface area contributed by atoms with Crippen molar-refractivity contribution in [2.75, 3.05) is 13.7 Å². The molecule has 0 fully saturated rings. The Morgan fingerprint density at radius 3 is 2.78 bits per heavy atom. The Balaban J connectivity index is 2.57. The van der Waals surface area contributed by atoms with Crippen LogP contribution in [0, 0.1) is 11.6 Å². The lowest BCUT2D eigenvalue weighted by atomic mass is 10.2. The van der Waals surface area contributed by atoms with Crippen LogP contribution in [0.15, 0.2) is 24.3 Å². The largest absolute Gasteiger partial charge is 0.494 e. The van der Waals surface area contributed by atoms with Gasteiger partial charge < -0.3 is 15.2 Å². The number of nitrogens with one attached hydrogen (secondary N) is 1. The third kappa shape index (κ3) is 4.14. The number of ether oxygens (including phenoxy) is 1. The number of halogens is 2. The van der Waals surface area contributed by atoms with Crippen molar-refractivity contribution in [3.05, 3.63) is 41.5 Å². The molecule has 0 aliphatic carbocycles. The molecule has 0 saturated heterocycles. The SMILES string of the molecule is COc1cc(F)c(CNC/C=C/C(=O)O)cc1F. The first-order valence-electron chi connectivity index (χ1n) is 5.16. The second kappa shape index (κ2) is 6.70. The number of hydrogen-bond donors (Lipinski definition) is 2. The molecule has 0 spiro atoms. The van der Waals surface area contributed by atoms with E-state index in [9.17, 15) is 13.6 Å². The minimum Gasteiger partial charge on any atom is -0.494 e. The smallest absolute Gasteiger partial charge is 0.328 e. The van der Waals surface area contributed by atoms with E-state index in [1.54, 1.807) is 0 Å². The molecule has 0 amide bonds. The van der Waals surface area contributed by atoms with E-state index in [1.165, 1.54) is 13.2 Å². The zero-order valence-electron chi connectivity index (χ0n) is 9.74. The first-order valence-corrected chi connectivity index (χ1v) is 5.16. The van der Waals surface area contributed by atoms with Gasteiger partial charge in [-0.15, -0.1) is 0 Å². The molecule has 0 bridgehead atoms. The van der Waals surface area contributed by atoms with E-state index in [-0.39, 0.29) is 24.4 Å². The van der Waals surface area contributed by atoms with Crippen LogP contribution in [0.3, 0.4) is 0 Å². The van der Waals surface area contributed by atoms with Gasteiger partial charge in [0.25, 0.3) is 0 Å². The number of carboxylic acids is 1. The maximum atomic E-state index is 13.5.